The van der Waals surface area contributed by atoms with Gasteiger partial charge in [0.15, 0.2) is 0 Å². The highest BCUT2D eigenvalue weighted by atomic mass is 32.2. The number of hydrogen-bond donors (Lipinski definition) is 0. The van der Waals surface area contributed by atoms with Crippen LogP contribution in [0.4, 0.5) is 4.39 Å². The molecular weight excluding hydrogens is 277 g/mol. The number of esters is 1. The molecule has 2 rings (SSSR count). The molecule has 0 radical (unpaired) electrons. The van der Waals surface area contributed by atoms with E-state index in [1.54, 1.807) is 6.07 Å². The molecule has 0 bridgehead atoms. The van der Waals surface area contributed by atoms with E-state index in [-0.39, 0.29) is 5.56 Å². The minimum Gasteiger partial charge on any atom is -0.465 e. The summed E-state index contributed by atoms with van der Waals surface area (Å²) in [5, 5.41) is 0. The van der Waals surface area contributed by atoms with E-state index in [9.17, 15) is 9.18 Å². The normalized spacial score (nSPS) is 20.4. The summed E-state index contributed by atoms with van der Waals surface area (Å²) in [6.45, 7) is 3.96. The van der Waals surface area contributed by atoms with Crippen LogP contribution in [0, 0.1) is 5.82 Å². The van der Waals surface area contributed by atoms with Crippen LogP contribution < -0.4 is 0 Å². The highest BCUT2D eigenvalue weighted by molar-refractivity contribution is 7.99. The van der Waals surface area contributed by atoms with Gasteiger partial charge in [-0.1, -0.05) is 6.07 Å². The monoisotopic (exact) mass is 297 g/mol. The Kier molecular flexibility index (Phi) is 5.43. The number of carbonyl (C=O) groups excluding carboxylic acids is 1. The van der Waals surface area contributed by atoms with Gasteiger partial charge in [0.05, 0.1) is 12.7 Å². The predicted molar refractivity (Wildman–Crippen MR) is 79.6 cm³/mol. The van der Waals surface area contributed by atoms with Gasteiger partial charge in [-0.15, -0.1) is 0 Å². The lowest BCUT2D eigenvalue weighted by atomic mass is 10.1. The standard InChI is InChI=1S/C15H20FNO2S/c1-11-5-7-20-8-6-17(11)10-12-3-4-13(14(16)9-12)15(18)19-2/h3-4,9,11H,5-8,10H2,1-2H3/t11-/m0/s1. The van der Waals surface area contributed by atoms with Crippen LogP contribution in [0.3, 0.4) is 0 Å². The van der Waals surface area contributed by atoms with E-state index in [0.29, 0.717) is 6.04 Å². The van der Waals surface area contributed by atoms with Gasteiger partial charge in [0.2, 0.25) is 0 Å². The van der Waals surface area contributed by atoms with E-state index in [1.165, 1.54) is 25.0 Å². The molecule has 0 amide bonds. The van der Waals surface area contributed by atoms with Gasteiger partial charge in [-0.05, 0) is 36.8 Å². The van der Waals surface area contributed by atoms with Crippen LogP contribution in [0.25, 0.3) is 0 Å². The first kappa shape index (κ1) is 15.3. The second-order valence-corrected chi connectivity index (χ2v) is 6.25. The number of hydrogen-bond acceptors (Lipinski definition) is 4. The fourth-order valence-corrected chi connectivity index (χ4v) is 3.42. The lowest BCUT2D eigenvalue weighted by Gasteiger charge is -2.26. The van der Waals surface area contributed by atoms with Crippen molar-refractivity contribution in [1.29, 1.82) is 0 Å². The first-order valence-electron chi connectivity index (χ1n) is 6.80. The molecule has 0 saturated carbocycles. The summed E-state index contributed by atoms with van der Waals surface area (Å²) >= 11 is 1.97. The first-order chi connectivity index (χ1) is 9.61. The van der Waals surface area contributed by atoms with Crippen molar-refractivity contribution in [1.82, 2.24) is 4.90 Å². The van der Waals surface area contributed by atoms with Crippen LogP contribution in [-0.2, 0) is 11.3 Å². The maximum absolute atomic E-state index is 13.9. The third kappa shape index (κ3) is 3.73. The van der Waals surface area contributed by atoms with E-state index in [4.69, 9.17) is 0 Å². The van der Waals surface area contributed by atoms with Gasteiger partial charge < -0.3 is 4.74 Å². The molecule has 1 aromatic carbocycles. The summed E-state index contributed by atoms with van der Waals surface area (Å²) in [5.74, 6) is 1.17. The number of carbonyl (C=O) groups is 1. The number of halogens is 1. The van der Waals surface area contributed by atoms with Crippen LogP contribution in [0.15, 0.2) is 18.2 Å². The molecule has 1 atom stereocenters. The molecule has 1 aliphatic heterocycles. The van der Waals surface area contributed by atoms with Gasteiger partial charge >= 0.3 is 5.97 Å². The number of methoxy groups -OCH3 is 1. The summed E-state index contributed by atoms with van der Waals surface area (Å²) < 4.78 is 18.4. The summed E-state index contributed by atoms with van der Waals surface area (Å²) in [6.07, 6.45) is 1.16. The molecule has 0 unspecified atom stereocenters. The Morgan fingerprint density at radius 1 is 1.50 bits per heavy atom. The molecule has 1 saturated heterocycles. The van der Waals surface area contributed by atoms with Crippen molar-refractivity contribution in [3.05, 3.63) is 35.1 Å². The number of nitrogens with zero attached hydrogens (tertiary/aromatic N) is 1. The van der Waals surface area contributed by atoms with E-state index in [0.717, 1.165) is 30.8 Å². The molecule has 0 aliphatic carbocycles. The highest BCUT2D eigenvalue weighted by Gasteiger charge is 2.18. The number of rotatable bonds is 3. The van der Waals surface area contributed by atoms with Gasteiger partial charge in [0.25, 0.3) is 0 Å². The number of benzene rings is 1. The zero-order valence-electron chi connectivity index (χ0n) is 11.9. The van der Waals surface area contributed by atoms with Crippen LogP contribution >= 0.6 is 11.8 Å². The predicted octanol–water partition coefficient (Wildman–Crippen LogP) is 2.94. The molecular formula is C15H20FNO2S. The van der Waals surface area contributed by atoms with Crippen molar-refractivity contribution < 1.29 is 13.9 Å². The summed E-state index contributed by atoms with van der Waals surface area (Å²) in [4.78, 5) is 13.7. The van der Waals surface area contributed by atoms with E-state index >= 15 is 0 Å². The molecule has 3 nitrogen and oxygen atoms in total. The van der Waals surface area contributed by atoms with Crippen molar-refractivity contribution in [2.24, 2.45) is 0 Å². The summed E-state index contributed by atoms with van der Waals surface area (Å²) in [5.41, 5.74) is 0.893. The minimum atomic E-state index is -0.631. The molecule has 1 aromatic rings. The highest BCUT2D eigenvalue weighted by Crippen LogP contribution is 2.20. The van der Waals surface area contributed by atoms with Crippen molar-refractivity contribution >= 4 is 17.7 Å². The third-order valence-electron chi connectivity index (χ3n) is 3.65. The SMILES string of the molecule is COC(=O)c1ccc(CN2CCSCC[C@@H]2C)cc1F. The van der Waals surface area contributed by atoms with Crippen molar-refractivity contribution in [3.8, 4) is 0 Å². The van der Waals surface area contributed by atoms with Gasteiger partial charge in [-0.25, -0.2) is 9.18 Å². The van der Waals surface area contributed by atoms with Gasteiger partial charge in [0, 0.05) is 24.9 Å². The zero-order valence-corrected chi connectivity index (χ0v) is 12.7. The lowest BCUT2D eigenvalue weighted by Crippen LogP contribution is -2.33. The molecule has 5 heteroatoms. The molecule has 0 N–H and O–H groups in total. The topological polar surface area (TPSA) is 29.5 Å². The van der Waals surface area contributed by atoms with Crippen LogP contribution in [0.1, 0.15) is 29.3 Å². The quantitative estimate of drug-likeness (QED) is 0.802. The average Bonchev–Trinajstić information content (AvgIpc) is 2.64. The Balaban J connectivity index is 2.09. The molecule has 0 aromatic heterocycles. The van der Waals surface area contributed by atoms with Gasteiger partial charge in [-0.3, -0.25) is 4.90 Å². The molecule has 20 heavy (non-hydrogen) atoms. The largest absolute Gasteiger partial charge is 0.465 e. The van der Waals surface area contributed by atoms with E-state index in [1.807, 2.05) is 11.8 Å². The Morgan fingerprint density at radius 3 is 3.00 bits per heavy atom. The number of thioether (sulfide) groups is 1. The fourth-order valence-electron chi connectivity index (χ4n) is 2.34. The summed E-state index contributed by atoms with van der Waals surface area (Å²) in [7, 11) is 1.26. The second kappa shape index (κ2) is 7.09. The smallest absolute Gasteiger partial charge is 0.340 e. The average molecular weight is 297 g/mol. The van der Waals surface area contributed by atoms with E-state index in [2.05, 4.69) is 16.6 Å². The molecule has 0 spiro atoms. The van der Waals surface area contributed by atoms with Crippen molar-refractivity contribution in [2.75, 3.05) is 25.2 Å². The third-order valence-corrected chi connectivity index (χ3v) is 4.65. The molecule has 110 valence electrons. The zero-order chi connectivity index (χ0) is 14.5. The molecule has 1 aliphatic rings. The van der Waals surface area contributed by atoms with Crippen LogP contribution in [0.5, 0.6) is 0 Å². The maximum atomic E-state index is 13.9. The second-order valence-electron chi connectivity index (χ2n) is 5.03. The molecule has 1 heterocycles. The summed E-state index contributed by atoms with van der Waals surface area (Å²) in [6, 6.07) is 5.26. The lowest BCUT2D eigenvalue weighted by molar-refractivity contribution is 0.0595. The minimum absolute atomic E-state index is 0.00396. The molecule has 1 fully saturated rings. The van der Waals surface area contributed by atoms with Gasteiger partial charge in [-0.2, -0.15) is 11.8 Å². The fraction of sp³-hybridized carbons (Fsp3) is 0.533. The van der Waals surface area contributed by atoms with Crippen LogP contribution in [0.2, 0.25) is 0 Å². The maximum Gasteiger partial charge on any atom is 0.340 e. The number of ether oxygens (including phenoxy) is 1. The Bertz CT molecular complexity index is 481. The van der Waals surface area contributed by atoms with Gasteiger partial charge in [0.1, 0.15) is 5.82 Å². The van der Waals surface area contributed by atoms with Crippen LogP contribution in [-0.4, -0.2) is 42.1 Å². The van der Waals surface area contributed by atoms with Crippen molar-refractivity contribution in [3.63, 3.8) is 0 Å². The first-order valence-corrected chi connectivity index (χ1v) is 7.96. The van der Waals surface area contributed by atoms with E-state index < -0.39 is 11.8 Å². The van der Waals surface area contributed by atoms with Crippen molar-refractivity contribution in [2.45, 2.75) is 25.9 Å². The Labute approximate surface area is 123 Å². The Morgan fingerprint density at radius 2 is 2.30 bits per heavy atom. The Hall–Kier alpha value is -1.07.